The van der Waals surface area contributed by atoms with E-state index in [-0.39, 0.29) is 0 Å². The number of benzene rings is 1. The normalized spacial score (nSPS) is 14.9. The second kappa shape index (κ2) is 6.76. The molecule has 1 aromatic carbocycles. The molecule has 0 fully saturated rings. The standard InChI is InChI=1S/C15H17ClN4O2S/c16-8-1-3-9(4-2-8)19-15(22)20-14-12(13(17)21)10-5-6-18-7-11(10)23-14/h1-4,15,18-20,22H,5-7H2,(H2,17,21). The van der Waals surface area contributed by atoms with Gasteiger partial charge in [0.2, 0.25) is 6.35 Å². The van der Waals surface area contributed by atoms with E-state index in [0.717, 1.165) is 23.4 Å². The van der Waals surface area contributed by atoms with Gasteiger partial charge >= 0.3 is 0 Å². The highest BCUT2D eigenvalue weighted by atomic mass is 35.5. The molecule has 0 radical (unpaired) electrons. The lowest BCUT2D eigenvalue weighted by Crippen LogP contribution is -2.29. The monoisotopic (exact) mass is 352 g/mol. The van der Waals surface area contributed by atoms with Crippen LogP contribution in [-0.2, 0) is 13.0 Å². The number of hydrogen-bond acceptors (Lipinski definition) is 6. The highest BCUT2D eigenvalue weighted by Gasteiger charge is 2.24. The minimum atomic E-state index is -1.05. The van der Waals surface area contributed by atoms with Crippen LogP contribution in [0.2, 0.25) is 5.02 Å². The Morgan fingerprint density at radius 2 is 2.09 bits per heavy atom. The third-order valence-corrected chi connectivity index (χ3v) is 5.01. The number of aliphatic hydroxyl groups is 1. The Morgan fingerprint density at radius 1 is 1.35 bits per heavy atom. The van der Waals surface area contributed by atoms with E-state index in [1.54, 1.807) is 24.3 Å². The molecule has 1 amide bonds. The molecule has 2 aromatic rings. The summed E-state index contributed by atoms with van der Waals surface area (Å²) in [6.07, 6.45) is -0.297. The van der Waals surface area contributed by atoms with E-state index in [4.69, 9.17) is 17.3 Å². The number of carbonyl (C=O) groups is 1. The lowest BCUT2D eigenvalue weighted by Gasteiger charge is -2.17. The van der Waals surface area contributed by atoms with Gasteiger partial charge < -0.3 is 26.8 Å². The Balaban J connectivity index is 1.77. The maximum atomic E-state index is 11.8. The summed E-state index contributed by atoms with van der Waals surface area (Å²) in [5, 5.41) is 20.4. The average molecular weight is 353 g/mol. The predicted molar refractivity (Wildman–Crippen MR) is 93.0 cm³/mol. The highest BCUT2D eigenvalue weighted by molar-refractivity contribution is 7.16. The average Bonchev–Trinajstić information content (AvgIpc) is 2.87. The van der Waals surface area contributed by atoms with Gasteiger partial charge in [-0.15, -0.1) is 11.3 Å². The Morgan fingerprint density at radius 3 is 2.78 bits per heavy atom. The number of thiophene rings is 1. The fraction of sp³-hybridized carbons (Fsp3) is 0.267. The second-order valence-corrected chi connectivity index (χ2v) is 6.74. The molecular formula is C15H17ClN4O2S. The van der Waals surface area contributed by atoms with Crippen molar-refractivity contribution in [1.82, 2.24) is 5.32 Å². The lowest BCUT2D eigenvalue weighted by molar-refractivity contribution is 0.1000. The first kappa shape index (κ1) is 16.1. The zero-order valence-electron chi connectivity index (χ0n) is 12.2. The lowest BCUT2D eigenvalue weighted by atomic mass is 10.0. The number of fused-ring (bicyclic) bond motifs is 1. The summed E-state index contributed by atoms with van der Waals surface area (Å²) < 4.78 is 0. The fourth-order valence-corrected chi connectivity index (χ4v) is 3.93. The van der Waals surface area contributed by atoms with Gasteiger partial charge in [0.15, 0.2) is 0 Å². The van der Waals surface area contributed by atoms with Crippen LogP contribution in [-0.4, -0.2) is 23.9 Å². The SMILES string of the molecule is NC(=O)c1c(NC(O)Nc2ccc(Cl)cc2)sc2c1CCNC2. The molecule has 1 unspecified atom stereocenters. The van der Waals surface area contributed by atoms with Gasteiger partial charge in [0.1, 0.15) is 5.00 Å². The van der Waals surface area contributed by atoms with Gasteiger partial charge in [-0.3, -0.25) is 4.79 Å². The largest absolute Gasteiger partial charge is 0.365 e. The topological polar surface area (TPSA) is 99.4 Å². The van der Waals surface area contributed by atoms with Gasteiger partial charge in [-0.25, -0.2) is 0 Å². The van der Waals surface area contributed by atoms with Gasteiger partial charge in [-0.2, -0.15) is 0 Å². The van der Waals surface area contributed by atoms with E-state index >= 15 is 0 Å². The van der Waals surface area contributed by atoms with Crippen molar-refractivity contribution in [3.8, 4) is 0 Å². The summed E-state index contributed by atoms with van der Waals surface area (Å²) in [4.78, 5) is 12.9. The number of hydrogen-bond donors (Lipinski definition) is 5. The molecule has 3 rings (SSSR count). The highest BCUT2D eigenvalue weighted by Crippen LogP contribution is 2.35. The number of halogens is 1. The number of anilines is 2. The number of amides is 1. The molecule has 6 N–H and O–H groups in total. The number of nitrogens with one attached hydrogen (secondary N) is 3. The minimum Gasteiger partial charge on any atom is -0.365 e. The van der Waals surface area contributed by atoms with E-state index in [1.807, 2.05) is 0 Å². The maximum Gasteiger partial charge on any atom is 0.251 e. The quantitative estimate of drug-likeness (QED) is 0.530. The molecule has 0 saturated carbocycles. The van der Waals surface area contributed by atoms with Crippen LogP contribution in [0, 0.1) is 0 Å². The molecule has 0 spiro atoms. The fourth-order valence-electron chi connectivity index (χ4n) is 2.56. The van der Waals surface area contributed by atoms with Crippen LogP contribution >= 0.6 is 22.9 Å². The summed E-state index contributed by atoms with van der Waals surface area (Å²) in [5.74, 6) is -0.481. The molecule has 122 valence electrons. The van der Waals surface area contributed by atoms with Gasteiger partial charge in [-0.05, 0) is 42.8 Å². The van der Waals surface area contributed by atoms with Crippen molar-refractivity contribution in [2.75, 3.05) is 17.2 Å². The Kier molecular flexibility index (Phi) is 4.72. The van der Waals surface area contributed by atoms with Crippen molar-refractivity contribution < 1.29 is 9.90 Å². The number of rotatable bonds is 5. The van der Waals surface area contributed by atoms with Gasteiger partial charge in [0.05, 0.1) is 5.56 Å². The zero-order chi connectivity index (χ0) is 16.4. The van der Waals surface area contributed by atoms with Crippen LogP contribution in [0.25, 0.3) is 0 Å². The van der Waals surface area contributed by atoms with Crippen LogP contribution in [0.4, 0.5) is 10.7 Å². The van der Waals surface area contributed by atoms with Crippen molar-refractivity contribution in [3.05, 3.63) is 45.3 Å². The van der Waals surface area contributed by atoms with E-state index in [9.17, 15) is 9.90 Å². The number of carbonyl (C=O) groups excluding carboxylic acids is 1. The van der Waals surface area contributed by atoms with E-state index < -0.39 is 12.3 Å². The molecule has 0 bridgehead atoms. The first-order valence-electron chi connectivity index (χ1n) is 7.16. The van der Waals surface area contributed by atoms with E-state index in [0.29, 0.717) is 27.8 Å². The van der Waals surface area contributed by atoms with Crippen molar-refractivity contribution in [3.63, 3.8) is 0 Å². The van der Waals surface area contributed by atoms with Crippen molar-refractivity contribution in [2.45, 2.75) is 19.3 Å². The molecule has 6 nitrogen and oxygen atoms in total. The summed E-state index contributed by atoms with van der Waals surface area (Å²) in [6, 6.07) is 6.96. The van der Waals surface area contributed by atoms with Crippen LogP contribution in [0.1, 0.15) is 20.8 Å². The third-order valence-electron chi connectivity index (χ3n) is 3.59. The van der Waals surface area contributed by atoms with Crippen LogP contribution in [0.5, 0.6) is 0 Å². The number of aliphatic hydroxyl groups excluding tert-OH is 1. The predicted octanol–water partition coefficient (Wildman–Crippen LogP) is 1.95. The molecule has 0 aliphatic carbocycles. The zero-order valence-corrected chi connectivity index (χ0v) is 13.8. The van der Waals surface area contributed by atoms with Gasteiger partial charge in [0.25, 0.3) is 5.91 Å². The van der Waals surface area contributed by atoms with Crippen LogP contribution < -0.4 is 21.7 Å². The summed E-state index contributed by atoms with van der Waals surface area (Å²) >= 11 is 7.27. The van der Waals surface area contributed by atoms with Crippen LogP contribution in [0.15, 0.2) is 24.3 Å². The summed E-state index contributed by atoms with van der Waals surface area (Å²) in [5.41, 5.74) is 7.68. The van der Waals surface area contributed by atoms with E-state index in [1.165, 1.54) is 11.3 Å². The molecule has 23 heavy (non-hydrogen) atoms. The first-order chi connectivity index (χ1) is 11.0. The molecule has 1 aromatic heterocycles. The molecule has 1 atom stereocenters. The molecule has 0 saturated heterocycles. The van der Waals surface area contributed by atoms with Crippen LogP contribution in [0.3, 0.4) is 0 Å². The summed E-state index contributed by atoms with van der Waals surface area (Å²) in [7, 11) is 0. The first-order valence-corrected chi connectivity index (χ1v) is 8.36. The van der Waals surface area contributed by atoms with Crippen molar-refractivity contribution >= 4 is 39.5 Å². The molecule has 8 heteroatoms. The Bertz CT molecular complexity index is 717. The molecule has 1 aliphatic rings. The summed E-state index contributed by atoms with van der Waals surface area (Å²) in [6.45, 7) is 1.53. The smallest absolute Gasteiger partial charge is 0.251 e. The third kappa shape index (κ3) is 3.59. The molecule has 1 aliphatic heterocycles. The second-order valence-electron chi connectivity index (χ2n) is 5.20. The van der Waals surface area contributed by atoms with Crippen molar-refractivity contribution in [2.24, 2.45) is 5.73 Å². The van der Waals surface area contributed by atoms with Crippen molar-refractivity contribution in [1.29, 1.82) is 0 Å². The maximum absolute atomic E-state index is 11.8. The molecule has 2 heterocycles. The van der Waals surface area contributed by atoms with E-state index in [2.05, 4.69) is 16.0 Å². The Labute approximate surface area is 142 Å². The minimum absolute atomic E-state index is 0.475. The Hall–Kier alpha value is -1.80. The van der Waals surface area contributed by atoms with Gasteiger partial charge in [0, 0.05) is 22.1 Å². The number of primary amides is 1. The molecular weight excluding hydrogens is 336 g/mol. The number of nitrogens with two attached hydrogens (primary N) is 1. The van der Waals surface area contributed by atoms with Gasteiger partial charge in [-0.1, -0.05) is 11.6 Å².